The Morgan fingerprint density at radius 1 is 1.32 bits per heavy atom. The van der Waals surface area contributed by atoms with Crippen molar-refractivity contribution in [1.29, 1.82) is 0 Å². The summed E-state index contributed by atoms with van der Waals surface area (Å²) in [5.41, 5.74) is 0.0975. The van der Waals surface area contributed by atoms with Gasteiger partial charge >= 0.3 is 0 Å². The van der Waals surface area contributed by atoms with Gasteiger partial charge in [-0.3, -0.25) is 9.69 Å². The molecule has 1 aliphatic rings. The number of nitrogens with zero attached hydrogens (tertiary/aromatic N) is 1. The average Bonchev–Trinajstić information content (AvgIpc) is 2.42. The van der Waals surface area contributed by atoms with E-state index in [9.17, 15) is 15.0 Å². The smallest absolute Gasteiger partial charge is 0.255 e. The maximum Gasteiger partial charge on any atom is 0.255 e. The molecule has 1 saturated heterocycles. The van der Waals surface area contributed by atoms with Crippen molar-refractivity contribution in [2.45, 2.75) is 0 Å². The molecule has 2 rings (SSSR count). The molecular weight excluding hydrogens is 246 g/mol. The number of piperazine rings is 1. The van der Waals surface area contributed by atoms with Crippen LogP contribution in [0.2, 0.25) is 0 Å². The standard InChI is InChI=1S/C13H19N3O3/c17-10-1-2-12(18)11(9-10)13(19)15-5-8-16-6-3-14-4-7-16/h1-2,9,14,17-18H,3-8H2,(H,15,19). The molecular formula is C13H19N3O3. The second-order valence-corrected chi connectivity index (χ2v) is 4.55. The lowest BCUT2D eigenvalue weighted by Gasteiger charge is -2.27. The van der Waals surface area contributed by atoms with Crippen LogP contribution in [0.25, 0.3) is 0 Å². The van der Waals surface area contributed by atoms with Crippen molar-refractivity contribution in [2.24, 2.45) is 0 Å². The predicted molar refractivity (Wildman–Crippen MR) is 71.4 cm³/mol. The Bertz CT molecular complexity index is 445. The first-order chi connectivity index (χ1) is 9.16. The summed E-state index contributed by atoms with van der Waals surface area (Å²) in [7, 11) is 0. The van der Waals surface area contributed by atoms with Gasteiger partial charge in [0.05, 0.1) is 5.56 Å². The number of carbonyl (C=O) groups is 1. The Labute approximate surface area is 112 Å². The highest BCUT2D eigenvalue weighted by atomic mass is 16.3. The second kappa shape index (κ2) is 6.40. The Hall–Kier alpha value is -1.79. The number of carbonyl (C=O) groups excluding carboxylic acids is 1. The highest BCUT2D eigenvalue weighted by Crippen LogP contribution is 2.21. The highest BCUT2D eigenvalue weighted by molar-refractivity contribution is 5.97. The van der Waals surface area contributed by atoms with E-state index in [1.54, 1.807) is 0 Å². The molecule has 1 heterocycles. The zero-order valence-electron chi connectivity index (χ0n) is 10.7. The van der Waals surface area contributed by atoms with Gasteiger partial charge in [-0.05, 0) is 18.2 Å². The van der Waals surface area contributed by atoms with E-state index < -0.39 is 0 Å². The normalized spacial score (nSPS) is 16.2. The van der Waals surface area contributed by atoms with Gasteiger partial charge in [0.1, 0.15) is 11.5 Å². The van der Waals surface area contributed by atoms with Crippen molar-refractivity contribution < 1.29 is 15.0 Å². The zero-order chi connectivity index (χ0) is 13.7. The summed E-state index contributed by atoms with van der Waals surface area (Å²) in [6.07, 6.45) is 0. The fourth-order valence-electron chi connectivity index (χ4n) is 2.06. The van der Waals surface area contributed by atoms with Gasteiger partial charge in [0.25, 0.3) is 5.91 Å². The van der Waals surface area contributed by atoms with E-state index in [2.05, 4.69) is 15.5 Å². The number of hydrogen-bond donors (Lipinski definition) is 4. The molecule has 1 fully saturated rings. The van der Waals surface area contributed by atoms with E-state index in [1.165, 1.54) is 18.2 Å². The number of phenols is 2. The summed E-state index contributed by atoms with van der Waals surface area (Å²) in [6, 6.07) is 3.91. The summed E-state index contributed by atoms with van der Waals surface area (Å²) >= 11 is 0. The molecule has 0 atom stereocenters. The van der Waals surface area contributed by atoms with Crippen LogP contribution in [0.5, 0.6) is 11.5 Å². The first kappa shape index (κ1) is 13.6. The third kappa shape index (κ3) is 3.84. The fraction of sp³-hybridized carbons (Fsp3) is 0.462. The molecule has 104 valence electrons. The minimum Gasteiger partial charge on any atom is -0.508 e. The average molecular weight is 265 g/mol. The van der Waals surface area contributed by atoms with Crippen LogP contribution in [-0.2, 0) is 0 Å². The van der Waals surface area contributed by atoms with Gasteiger partial charge in [-0.15, -0.1) is 0 Å². The van der Waals surface area contributed by atoms with E-state index in [1.807, 2.05) is 0 Å². The van der Waals surface area contributed by atoms with Gasteiger partial charge in [-0.25, -0.2) is 0 Å². The van der Waals surface area contributed by atoms with E-state index in [0.29, 0.717) is 6.54 Å². The monoisotopic (exact) mass is 265 g/mol. The third-order valence-corrected chi connectivity index (χ3v) is 3.15. The lowest BCUT2D eigenvalue weighted by atomic mass is 10.2. The molecule has 0 bridgehead atoms. The Morgan fingerprint density at radius 3 is 2.79 bits per heavy atom. The van der Waals surface area contributed by atoms with Crippen LogP contribution in [0.1, 0.15) is 10.4 Å². The largest absolute Gasteiger partial charge is 0.508 e. The van der Waals surface area contributed by atoms with Gasteiger partial charge < -0.3 is 20.8 Å². The quantitative estimate of drug-likeness (QED) is 0.563. The van der Waals surface area contributed by atoms with Crippen LogP contribution in [0.4, 0.5) is 0 Å². The summed E-state index contributed by atoms with van der Waals surface area (Å²) in [5.74, 6) is -0.536. The number of amides is 1. The first-order valence-corrected chi connectivity index (χ1v) is 6.40. The number of aromatic hydroxyl groups is 2. The van der Waals surface area contributed by atoms with Crippen molar-refractivity contribution in [3.63, 3.8) is 0 Å². The van der Waals surface area contributed by atoms with Crippen molar-refractivity contribution in [1.82, 2.24) is 15.5 Å². The molecule has 4 N–H and O–H groups in total. The molecule has 0 saturated carbocycles. The van der Waals surface area contributed by atoms with Gasteiger partial charge in [0, 0.05) is 39.3 Å². The topological polar surface area (TPSA) is 84.8 Å². The molecule has 0 aromatic heterocycles. The molecule has 0 unspecified atom stereocenters. The van der Waals surface area contributed by atoms with Crippen LogP contribution in [-0.4, -0.2) is 60.3 Å². The molecule has 1 aliphatic heterocycles. The number of benzene rings is 1. The number of hydrogen-bond acceptors (Lipinski definition) is 5. The van der Waals surface area contributed by atoms with Gasteiger partial charge in [0.15, 0.2) is 0 Å². The molecule has 1 amide bonds. The molecule has 6 heteroatoms. The van der Waals surface area contributed by atoms with Crippen molar-refractivity contribution in [2.75, 3.05) is 39.3 Å². The molecule has 0 radical (unpaired) electrons. The van der Waals surface area contributed by atoms with E-state index in [0.717, 1.165) is 32.7 Å². The van der Waals surface area contributed by atoms with Crippen LogP contribution in [0.15, 0.2) is 18.2 Å². The summed E-state index contributed by atoms with van der Waals surface area (Å²) < 4.78 is 0. The van der Waals surface area contributed by atoms with Gasteiger partial charge in [-0.2, -0.15) is 0 Å². The predicted octanol–water partition coefficient (Wildman–Crippen LogP) is -0.267. The maximum absolute atomic E-state index is 11.8. The van der Waals surface area contributed by atoms with E-state index in [-0.39, 0.29) is 23.0 Å². The molecule has 19 heavy (non-hydrogen) atoms. The third-order valence-electron chi connectivity index (χ3n) is 3.15. The minimum absolute atomic E-state index is 0.0370. The van der Waals surface area contributed by atoms with Gasteiger partial charge in [-0.1, -0.05) is 0 Å². The summed E-state index contributed by atoms with van der Waals surface area (Å²) in [4.78, 5) is 14.1. The zero-order valence-corrected chi connectivity index (χ0v) is 10.7. The van der Waals surface area contributed by atoms with E-state index in [4.69, 9.17) is 0 Å². The number of rotatable bonds is 4. The lowest BCUT2D eigenvalue weighted by Crippen LogP contribution is -2.46. The van der Waals surface area contributed by atoms with Crippen molar-refractivity contribution in [3.05, 3.63) is 23.8 Å². The number of phenolic OH excluding ortho intramolecular Hbond substituents is 2. The van der Waals surface area contributed by atoms with Crippen LogP contribution in [0, 0.1) is 0 Å². The summed E-state index contributed by atoms with van der Waals surface area (Å²) in [6.45, 7) is 5.21. The van der Waals surface area contributed by atoms with Crippen molar-refractivity contribution >= 4 is 5.91 Å². The van der Waals surface area contributed by atoms with Crippen LogP contribution < -0.4 is 10.6 Å². The number of nitrogens with one attached hydrogen (secondary N) is 2. The van der Waals surface area contributed by atoms with E-state index >= 15 is 0 Å². The molecule has 6 nitrogen and oxygen atoms in total. The summed E-state index contributed by atoms with van der Waals surface area (Å²) in [5, 5.41) is 24.9. The molecule has 1 aromatic rings. The first-order valence-electron chi connectivity index (χ1n) is 6.40. The second-order valence-electron chi connectivity index (χ2n) is 4.55. The van der Waals surface area contributed by atoms with Gasteiger partial charge in [0.2, 0.25) is 0 Å². The maximum atomic E-state index is 11.8. The highest BCUT2D eigenvalue weighted by Gasteiger charge is 2.13. The Kier molecular flexibility index (Phi) is 4.59. The SMILES string of the molecule is O=C(NCCN1CCNCC1)c1cc(O)ccc1O. The molecule has 0 aliphatic carbocycles. The Morgan fingerprint density at radius 2 is 2.05 bits per heavy atom. The van der Waals surface area contributed by atoms with Crippen molar-refractivity contribution in [3.8, 4) is 11.5 Å². The fourth-order valence-corrected chi connectivity index (χ4v) is 2.06. The van der Waals surface area contributed by atoms with Crippen LogP contribution >= 0.6 is 0 Å². The molecule has 0 spiro atoms. The van der Waals surface area contributed by atoms with Crippen LogP contribution in [0.3, 0.4) is 0 Å². The minimum atomic E-state index is -0.372. The lowest BCUT2D eigenvalue weighted by molar-refractivity contribution is 0.0944. The Balaban J connectivity index is 1.82. The molecule has 1 aromatic carbocycles.